The summed E-state index contributed by atoms with van der Waals surface area (Å²) in [5, 5.41) is 9.31. The van der Waals surface area contributed by atoms with Crippen LogP contribution in [0.5, 0.6) is 0 Å². The summed E-state index contributed by atoms with van der Waals surface area (Å²) in [5.74, 6) is -1.70. The number of carbonyl (C=O) groups excluding carboxylic acids is 2. The predicted molar refractivity (Wildman–Crippen MR) is 74.7 cm³/mol. The molecule has 0 saturated heterocycles. The van der Waals surface area contributed by atoms with Gasteiger partial charge in [0.2, 0.25) is 0 Å². The quantitative estimate of drug-likeness (QED) is 0.287. The third-order valence-electron chi connectivity index (χ3n) is 2.44. The third-order valence-corrected chi connectivity index (χ3v) is 3.54. The lowest BCUT2D eigenvalue weighted by molar-refractivity contribution is -0.150. The lowest BCUT2D eigenvalue weighted by Crippen LogP contribution is -2.14. The minimum Gasteiger partial charge on any atom is -0.462 e. The van der Waals surface area contributed by atoms with E-state index in [1.165, 1.54) is 13.6 Å². The van der Waals surface area contributed by atoms with Crippen LogP contribution in [0.25, 0.3) is 0 Å². The first-order chi connectivity index (χ1) is 9.34. The second kappa shape index (κ2) is 10.5. The molecule has 0 aliphatic carbocycles. The molecule has 0 aliphatic heterocycles. The number of ether oxygens (including phenoxy) is 2. The first-order valence-corrected chi connectivity index (χ1v) is 8.18. The van der Waals surface area contributed by atoms with Gasteiger partial charge in [-0.1, -0.05) is 11.1 Å². The average Bonchev–Trinajstić information content (AvgIpc) is 2.38. The van der Waals surface area contributed by atoms with Crippen LogP contribution in [0.2, 0.25) is 0 Å². The number of hydrogen-bond donors (Lipinski definition) is 1. The van der Waals surface area contributed by atoms with Crippen LogP contribution in [0, 0.1) is 0 Å². The Hall–Kier alpha value is -1.26. The molecule has 0 rings (SSSR count). The van der Waals surface area contributed by atoms with Crippen molar-refractivity contribution in [2.24, 2.45) is 0 Å². The Balaban J connectivity index is 3.53. The summed E-state index contributed by atoms with van der Waals surface area (Å²) in [5.41, 5.74) is 0.296. The monoisotopic (exact) mass is 305 g/mol. The molecule has 0 aromatic carbocycles. The summed E-state index contributed by atoms with van der Waals surface area (Å²) in [6, 6.07) is 0. The normalized spacial score (nSPS) is 12.4. The number of aliphatic hydroxyl groups excluding tert-OH is 1. The van der Waals surface area contributed by atoms with Crippen molar-refractivity contribution in [3.63, 3.8) is 0 Å². The Morgan fingerprint density at radius 1 is 1.25 bits per heavy atom. The summed E-state index contributed by atoms with van der Waals surface area (Å²) in [4.78, 5) is 22.3. The highest BCUT2D eigenvalue weighted by molar-refractivity contribution is 7.44. The molecule has 0 aromatic rings. The van der Waals surface area contributed by atoms with Crippen molar-refractivity contribution in [2.45, 2.75) is 38.5 Å². The number of esters is 2. The largest absolute Gasteiger partial charge is 0.462 e. The topological polar surface area (TPSA) is 89.9 Å². The highest BCUT2D eigenvalue weighted by Gasteiger charge is 2.20. The fourth-order valence-corrected chi connectivity index (χ4v) is 1.81. The van der Waals surface area contributed by atoms with E-state index in [4.69, 9.17) is 9.47 Å². The van der Waals surface area contributed by atoms with Gasteiger partial charge < -0.3 is 14.6 Å². The van der Waals surface area contributed by atoms with E-state index >= 15 is 0 Å². The summed E-state index contributed by atoms with van der Waals surface area (Å²) < 4.78 is 20.5. The van der Waals surface area contributed by atoms with Gasteiger partial charge in [0, 0.05) is 18.4 Å². The van der Waals surface area contributed by atoms with Crippen molar-refractivity contribution in [2.75, 3.05) is 19.9 Å². The van der Waals surface area contributed by atoms with Gasteiger partial charge in [-0.2, -0.15) is 0 Å². The summed E-state index contributed by atoms with van der Waals surface area (Å²) in [6.45, 7) is 6.45. The van der Waals surface area contributed by atoms with Crippen molar-refractivity contribution < 1.29 is 28.7 Å². The van der Waals surface area contributed by atoms with Crippen LogP contribution in [-0.2, 0) is 23.6 Å². The maximum absolute atomic E-state index is 11.3. The first-order valence-electron chi connectivity index (χ1n) is 6.41. The maximum atomic E-state index is 11.3. The minimum absolute atomic E-state index is 0.00641. The average molecular weight is 305 g/mol. The zero-order chi connectivity index (χ0) is 15.5. The molecule has 6 nitrogen and oxygen atoms in total. The fourth-order valence-electron chi connectivity index (χ4n) is 1.26. The smallest absolute Gasteiger partial charge is 0.366 e. The van der Waals surface area contributed by atoms with Crippen molar-refractivity contribution in [1.29, 1.82) is 0 Å². The molecule has 7 heteroatoms. The molecule has 0 heterocycles. The molecule has 20 heavy (non-hydrogen) atoms. The van der Waals surface area contributed by atoms with Gasteiger partial charge in [0.25, 0.3) is 5.85 Å². The molecule has 0 spiro atoms. The van der Waals surface area contributed by atoms with Crippen LogP contribution in [0.3, 0.4) is 0 Å². The van der Waals surface area contributed by atoms with Crippen LogP contribution in [0.15, 0.2) is 12.2 Å². The number of carbonyl (C=O) groups is 2. The number of unbranched alkanes of at least 4 members (excludes halogenated alkanes) is 1. The Morgan fingerprint density at radius 3 is 2.40 bits per heavy atom. The number of rotatable bonds is 10. The number of hydrogen-bond acceptors (Lipinski definition) is 6. The first kappa shape index (κ1) is 18.7. The van der Waals surface area contributed by atoms with Crippen LogP contribution < -0.4 is 0 Å². The summed E-state index contributed by atoms with van der Waals surface area (Å²) >= 11 is 0. The third kappa shape index (κ3) is 9.64. The summed E-state index contributed by atoms with van der Waals surface area (Å²) in [6.07, 6.45) is 1.80. The van der Waals surface area contributed by atoms with E-state index in [1.54, 1.807) is 0 Å². The molecular weight excluding hydrogens is 283 g/mol. The van der Waals surface area contributed by atoms with Gasteiger partial charge in [0.05, 0.1) is 0 Å². The second-order valence-electron chi connectivity index (χ2n) is 4.41. The Morgan fingerprint density at radius 2 is 1.85 bits per heavy atom. The Labute approximate surface area is 119 Å². The van der Waals surface area contributed by atoms with Crippen LogP contribution >= 0.6 is 7.80 Å². The molecule has 0 aliphatic rings. The molecule has 0 saturated carbocycles. The predicted octanol–water partition coefficient (Wildman–Crippen LogP) is 1.98. The van der Waals surface area contributed by atoms with E-state index in [1.807, 2.05) is 0 Å². The summed E-state index contributed by atoms with van der Waals surface area (Å²) in [7, 11) is -1.58. The molecule has 0 aromatic heterocycles. The fraction of sp³-hybridized carbons (Fsp3) is 0.692. The minimum atomic E-state index is -1.58. The van der Waals surface area contributed by atoms with E-state index in [-0.39, 0.29) is 25.6 Å². The second-order valence-corrected chi connectivity index (χ2v) is 6.10. The van der Waals surface area contributed by atoms with Gasteiger partial charge in [-0.25, -0.2) is 4.79 Å². The van der Waals surface area contributed by atoms with E-state index < -0.39 is 19.6 Å². The molecule has 0 bridgehead atoms. The van der Waals surface area contributed by atoms with Crippen molar-refractivity contribution in [3.8, 4) is 0 Å². The van der Waals surface area contributed by atoms with E-state index in [0.29, 0.717) is 24.8 Å². The van der Waals surface area contributed by atoms with E-state index in [9.17, 15) is 19.3 Å². The van der Waals surface area contributed by atoms with Crippen LogP contribution in [0.4, 0.5) is 0 Å². The van der Waals surface area contributed by atoms with E-state index in [0.717, 1.165) is 0 Å². The molecule has 1 N–H and O–H groups in total. The van der Waals surface area contributed by atoms with Gasteiger partial charge in [0.15, 0.2) is 0 Å². The lowest BCUT2D eigenvalue weighted by atomic mass is 10.2. The molecule has 0 amide bonds. The highest BCUT2D eigenvalue weighted by Crippen LogP contribution is 2.24. The Bertz CT molecular complexity index is 366. The standard InChI is InChI=1S/C13H22O6P/c1-10(2)13(16)19-9-8-18-11(14)6-4-5-7-12(15)20(3)17/h12,15H,1,4-9H2,2-3H3/q+1. The van der Waals surface area contributed by atoms with Gasteiger partial charge in [-0.3, -0.25) is 4.79 Å². The SMILES string of the molecule is C=C(C)C(=O)OCCOC(=O)CCCCC(O)[P+](C)=O. The molecule has 2 atom stereocenters. The molecule has 114 valence electrons. The maximum Gasteiger partial charge on any atom is 0.366 e. The van der Waals surface area contributed by atoms with Gasteiger partial charge in [-0.15, -0.1) is 0 Å². The van der Waals surface area contributed by atoms with E-state index in [2.05, 4.69) is 6.58 Å². The van der Waals surface area contributed by atoms with Gasteiger partial charge in [-0.05, 0) is 19.8 Å². The van der Waals surface area contributed by atoms with Crippen molar-refractivity contribution >= 4 is 19.7 Å². The number of aliphatic hydroxyl groups is 1. The highest BCUT2D eigenvalue weighted by atomic mass is 31.1. The zero-order valence-electron chi connectivity index (χ0n) is 12.0. The zero-order valence-corrected chi connectivity index (χ0v) is 12.9. The molecule has 2 unspecified atom stereocenters. The van der Waals surface area contributed by atoms with Gasteiger partial charge >= 0.3 is 19.7 Å². The van der Waals surface area contributed by atoms with Crippen molar-refractivity contribution in [3.05, 3.63) is 12.2 Å². The molecule has 0 fully saturated rings. The van der Waals surface area contributed by atoms with Crippen molar-refractivity contribution in [1.82, 2.24) is 0 Å². The van der Waals surface area contributed by atoms with Crippen LogP contribution in [0.1, 0.15) is 32.6 Å². The molecule has 0 radical (unpaired) electrons. The van der Waals surface area contributed by atoms with Gasteiger partial charge in [0.1, 0.15) is 19.9 Å². The lowest BCUT2D eigenvalue weighted by Gasteiger charge is -2.06. The van der Waals surface area contributed by atoms with Crippen LogP contribution in [-0.4, -0.2) is 42.8 Å². The molecular formula is C13H22O6P+. The Kier molecular flexibility index (Phi) is 9.86.